The summed E-state index contributed by atoms with van der Waals surface area (Å²) in [7, 11) is 0. The maximum atomic E-state index is 13.3. The molecule has 0 aromatic heterocycles. The Morgan fingerprint density at radius 1 is 0.565 bits per heavy atom. The fraction of sp³-hybridized carbons (Fsp3) is 0.136. The van der Waals surface area contributed by atoms with Gasteiger partial charge in [-0.25, -0.2) is 4.79 Å². The highest BCUT2D eigenvalue weighted by atomic mass is 16.5. The van der Waals surface area contributed by atoms with Crippen LogP contribution in [0, 0.1) is 0 Å². The Bertz CT molecular complexity index is 2520. The van der Waals surface area contributed by atoms with Crippen LogP contribution >= 0.6 is 0 Å². The molecule has 1 atom stereocenters. The van der Waals surface area contributed by atoms with Crippen molar-refractivity contribution in [1.82, 2.24) is 5.32 Å². The van der Waals surface area contributed by atoms with E-state index in [2.05, 4.69) is 31.9 Å². The zero-order valence-corrected chi connectivity index (χ0v) is 33.4. The van der Waals surface area contributed by atoms with Crippen LogP contribution in [0.3, 0.4) is 0 Å². The van der Waals surface area contributed by atoms with Crippen molar-refractivity contribution < 1.29 is 53.3 Å². The summed E-state index contributed by atoms with van der Waals surface area (Å²) in [4.78, 5) is 99.7. The lowest BCUT2D eigenvalue weighted by atomic mass is 10.1. The summed E-state index contributed by atoms with van der Waals surface area (Å²) in [6, 6.07) is 24.2. The molecule has 0 aliphatic carbocycles. The van der Waals surface area contributed by atoms with Crippen LogP contribution in [-0.2, 0) is 14.4 Å². The van der Waals surface area contributed by atoms with Crippen LogP contribution in [0.4, 0.5) is 28.4 Å². The lowest BCUT2D eigenvalue weighted by Gasteiger charge is -2.19. The van der Waals surface area contributed by atoms with Crippen LogP contribution in [0.2, 0.25) is 0 Å². The molecule has 1 unspecified atom stereocenters. The van der Waals surface area contributed by atoms with Crippen LogP contribution in [0.1, 0.15) is 79.0 Å². The molecule has 0 aliphatic rings. The van der Waals surface area contributed by atoms with Gasteiger partial charge in [-0.1, -0.05) is 0 Å². The number of carbonyl (C=O) groups is 8. The van der Waals surface area contributed by atoms with Gasteiger partial charge >= 0.3 is 5.97 Å². The monoisotopic (exact) mass is 843 g/mol. The molecule has 18 nitrogen and oxygen atoms in total. The number of phenols is 1. The number of nitrogens with two attached hydrogens (primary N) is 1. The molecule has 0 saturated heterocycles. The topological polar surface area (TPSA) is 284 Å². The number of benzene rings is 5. The number of aromatic carboxylic acids is 1. The number of carboxylic acid groups (broad SMARTS) is 1. The normalized spacial score (nSPS) is 11.0. The quantitative estimate of drug-likeness (QED) is 0.0622. The Labute approximate surface area is 353 Å². The van der Waals surface area contributed by atoms with Gasteiger partial charge in [0, 0.05) is 46.4 Å². The zero-order valence-electron chi connectivity index (χ0n) is 33.4. The van der Waals surface area contributed by atoms with E-state index in [4.69, 9.17) is 15.6 Å². The molecule has 0 saturated carbocycles. The Morgan fingerprint density at radius 2 is 1.00 bits per heavy atom. The molecule has 62 heavy (non-hydrogen) atoms. The van der Waals surface area contributed by atoms with Crippen LogP contribution in [0.25, 0.3) is 0 Å². The van der Waals surface area contributed by atoms with Gasteiger partial charge < -0.3 is 52.6 Å². The summed E-state index contributed by atoms with van der Waals surface area (Å²) in [5, 5.41) is 35.8. The molecule has 0 bridgehead atoms. The molecule has 5 aromatic rings. The summed E-state index contributed by atoms with van der Waals surface area (Å²) < 4.78 is 5.77. The first-order valence-corrected chi connectivity index (χ1v) is 18.7. The first kappa shape index (κ1) is 44.6. The number of carbonyl (C=O) groups excluding carboxylic acids is 7. The highest BCUT2D eigenvalue weighted by Gasteiger charge is 2.25. The summed E-state index contributed by atoms with van der Waals surface area (Å²) in [5.41, 5.74) is 7.17. The lowest BCUT2D eigenvalue weighted by molar-refractivity contribution is -0.123. The van der Waals surface area contributed by atoms with E-state index in [1.807, 2.05) is 0 Å². The molecule has 318 valence electrons. The number of hydrogen-bond acceptors (Lipinski definition) is 10. The molecule has 0 aliphatic heterocycles. The Balaban J connectivity index is 1.20. The highest BCUT2D eigenvalue weighted by molar-refractivity contribution is 6.10. The van der Waals surface area contributed by atoms with E-state index in [1.165, 1.54) is 104 Å². The number of rotatable bonds is 16. The van der Waals surface area contributed by atoms with Crippen molar-refractivity contribution in [3.8, 4) is 11.5 Å². The van der Waals surface area contributed by atoms with E-state index >= 15 is 0 Å². The Kier molecular flexibility index (Phi) is 14.3. The molecule has 5 aromatic carbocycles. The van der Waals surface area contributed by atoms with Crippen molar-refractivity contribution in [2.24, 2.45) is 5.73 Å². The molecule has 0 fully saturated rings. The molecule has 5 rings (SSSR count). The second kappa shape index (κ2) is 19.9. The van der Waals surface area contributed by atoms with E-state index < -0.39 is 65.7 Å². The van der Waals surface area contributed by atoms with E-state index in [0.717, 1.165) is 0 Å². The summed E-state index contributed by atoms with van der Waals surface area (Å²) in [5.74, 6) is -6.30. The van der Waals surface area contributed by atoms with Crippen molar-refractivity contribution in [2.75, 3.05) is 26.6 Å². The number of aromatic hydroxyl groups is 1. The van der Waals surface area contributed by atoms with Gasteiger partial charge in [0.05, 0.1) is 29.3 Å². The molecule has 0 radical (unpaired) electrons. The summed E-state index contributed by atoms with van der Waals surface area (Å²) in [6.07, 6.45) is -1.03. The van der Waals surface area contributed by atoms with Crippen molar-refractivity contribution in [2.45, 2.75) is 39.3 Å². The Hall–Kier alpha value is -8.54. The number of phenolic OH excluding ortho intramolecular Hbond substituents is 1. The minimum absolute atomic E-state index is 0.0189. The highest BCUT2D eigenvalue weighted by Crippen LogP contribution is 2.39. The summed E-state index contributed by atoms with van der Waals surface area (Å²) >= 11 is 0. The van der Waals surface area contributed by atoms with Gasteiger partial charge in [-0.2, -0.15) is 0 Å². The SMILES string of the molecule is CC(=O)Nc1ccc(C(=O)Nc2ccc(C(=O)NC(CC(N)=O)C(=O)Nc3ccc(C(=O)Nc4ccc(C(=O)Nc5ccc(C(=O)O)cc5)c(O)c4OC(C)C)cc3)cc2)cc1. The van der Waals surface area contributed by atoms with Crippen molar-refractivity contribution in [1.29, 1.82) is 0 Å². The number of nitrogens with one attached hydrogen (secondary N) is 6. The number of primary amides is 1. The van der Waals surface area contributed by atoms with Crippen molar-refractivity contribution in [3.63, 3.8) is 0 Å². The van der Waals surface area contributed by atoms with Crippen LogP contribution in [-0.4, -0.2) is 69.7 Å². The van der Waals surface area contributed by atoms with Gasteiger partial charge in [0.2, 0.25) is 17.7 Å². The first-order chi connectivity index (χ1) is 29.5. The predicted octanol–water partition coefficient (Wildman–Crippen LogP) is 5.21. The van der Waals surface area contributed by atoms with Gasteiger partial charge in [0.15, 0.2) is 11.5 Å². The zero-order chi connectivity index (χ0) is 45.1. The molecular formula is C44H41N7O11. The lowest BCUT2D eigenvalue weighted by Crippen LogP contribution is -2.46. The maximum Gasteiger partial charge on any atom is 0.335 e. The maximum absolute atomic E-state index is 13.3. The largest absolute Gasteiger partial charge is 0.504 e. The fourth-order valence-corrected chi connectivity index (χ4v) is 5.70. The number of hydrogen-bond donors (Lipinski definition) is 9. The minimum atomic E-state index is -1.39. The van der Waals surface area contributed by atoms with Gasteiger partial charge in [0.1, 0.15) is 6.04 Å². The first-order valence-electron chi connectivity index (χ1n) is 18.7. The molecule has 18 heteroatoms. The third-order valence-electron chi connectivity index (χ3n) is 8.68. The standard InChI is InChI=1S/C44H41N7O11/c1-23(2)62-38-34(21-20-33(37(38)54)42(58)48-31-18-10-28(11-19-31)44(60)61)50-40(56)26-8-16-32(17-9-26)49-43(59)35(22-36(45)53)51-41(57)27-6-14-30(15-7-27)47-39(55)25-4-12-29(13-5-25)46-24(3)52/h4-21,23,35,54H,22H2,1-3H3,(H2,45,53)(H,46,52)(H,47,55)(H,48,58)(H,49,59)(H,50,56)(H,51,57)(H,60,61). The fourth-order valence-electron chi connectivity index (χ4n) is 5.70. The Morgan fingerprint density at radius 3 is 1.47 bits per heavy atom. The van der Waals surface area contributed by atoms with E-state index in [9.17, 15) is 43.5 Å². The van der Waals surface area contributed by atoms with Crippen molar-refractivity contribution in [3.05, 3.63) is 137 Å². The molecule has 7 amide bonds. The number of amides is 7. The average Bonchev–Trinajstić information content (AvgIpc) is 3.22. The van der Waals surface area contributed by atoms with E-state index in [0.29, 0.717) is 16.9 Å². The summed E-state index contributed by atoms with van der Waals surface area (Å²) in [6.45, 7) is 4.72. The molecule has 0 spiro atoms. The number of anilines is 5. The molecule has 0 heterocycles. The van der Waals surface area contributed by atoms with Gasteiger partial charge in [-0.3, -0.25) is 33.6 Å². The van der Waals surface area contributed by atoms with E-state index in [-0.39, 0.29) is 51.0 Å². The van der Waals surface area contributed by atoms with Crippen molar-refractivity contribution >= 4 is 75.8 Å². The number of ether oxygens (including phenoxy) is 1. The van der Waals surface area contributed by atoms with E-state index in [1.54, 1.807) is 26.0 Å². The van der Waals surface area contributed by atoms with Gasteiger partial charge in [0.25, 0.3) is 23.6 Å². The van der Waals surface area contributed by atoms with Gasteiger partial charge in [-0.05, 0) is 123 Å². The second-order valence-corrected chi connectivity index (χ2v) is 13.8. The molecular weight excluding hydrogens is 803 g/mol. The smallest absolute Gasteiger partial charge is 0.335 e. The average molecular weight is 844 g/mol. The second-order valence-electron chi connectivity index (χ2n) is 13.8. The van der Waals surface area contributed by atoms with Crippen LogP contribution in [0.15, 0.2) is 109 Å². The predicted molar refractivity (Wildman–Crippen MR) is 228 cm³/mol. The third kappa shape index (κ3) is 12.0. The van der Waals surface area contributed by atoms with Crippen LogP contribution < -0.4 is 42.4 Å². The third-order valence-corrected chi connectivity index (χ3v) is 8.68. The minimum Gasteiger partial charge on any atom is -0.504 e. The van der Waals surface area contributed by atoms with Gasteiger partial charge in [-0.15, -0.1) is 0 Å². The molecule has 10 N–H and O–H groups in total. The number of carboxylic acids is 1. The van der Waals surface area contributed by atoms with Crippen LogP contribution in [0.5, 0.6) is 11.5 Å².